The van der Waals surface area contributed by atoms with E-state index in [1.807, 2.05) is 0 Å². The molecule has 2 rings (SSSR count). The maximum atomic E-state index is 12.2. The van der Waals surface area contributed by atoms with Gasteiger partial charge >= 0.3 is 11.9 Å². The van der Waals surface area contributed by atoms with E-state index in [4.69, 9.17) is 33.4 Å². The van der Waals surface area contributed by atoms with Crippen LogP contribution in [0.15, 0.2) is 36.4 Å². The van der Waals surface area contributed by atoms with Crippen molar-refractivity contribution in [2.75, 3.05) is 0 Å². The first kappa shape index (κ1) is 17.8. The average Bonchev–Trinajstić information content (AvgIpc) is 2.52. The normalized spacial score (nSPS) is 10.2. The third kappa shape index (κ3) is 4.04. The van der Waals surface area contributed by atoms with E-state index < -0.39 is 17.8 Å². The van der Waals surface area contributed by atoms with E-state index in [0.29, 0.717) is 5.56 Å². The van der Waals surface area contributed by atoms with Crippen molar-refractivity contribution in [3.05, 3.63) is 68.7 Å². The fraction of sp³-hybridized carbons (Fsp3) is 0.0625. The number of nitrogens with one attached hydrogen (secondary N) is 1. The van der Waals surface area contributed by atoms with Gasteiger partial charge in [0.15, 0.2) is 0 Å². The third-order valence-electron chi connectivity index (χ3n) is 3.20. The highest BCUT2D eigenvalue weighted by atomic mass is 35.5. The van der Waals surface area contributed by atoms with Crippen LogP contribution in [0.5, 0.6) is 0 Å². The molecule has 124 valence electrons. The van der Waals surface area contributed by atoms with Gasteiger partial charge in [0.25, 0.3) is 5.91 Å². The zero-order valence-electron chi connectivity index (χ0n) is 12.0. The molecule has 0 saturated heterocycles. The van der Waals surface area contributed by atoms with Crippen molar-refractivity contribution in [3.8, 4) is 0 Å². The molecule has 0 heterocycles. The topological polar surface area (TPSA) is 104 Å². The van der Waals surface area contributed by atoms with Crippen LogP contribution in [0.4, 0.5) is 0 Å². The number of carboxylic acids is 2. The maximum Gasteiger partial charge on any atom is 0.336 e. The maximum absolute atomic E-state index is 12.2. The summed E-state index contributed by atoms with van der Waals surface area (Å²) in [5, 5.41) is 20.9. The molecule has 0 aromatic heterocycles. The molecular formula is C16H11Cl2NO5. The van der Waals surface area contributed by atoms with Crippen LogP contribution in [0, 0.1) is 0 Å². The molecule has 2 aromatic carbocycles. The first-order chi connectivity index (χ1) is 11.3. The van der Waals surface area contributed by atoms with Gasteiger partial charge in [0.1, 0.15) is 0 Å². The number of halogens is 2. The van der Waals surface area contributed by atoms with Gasteiger partial charge in [-0.3, -0.25) is 4.79 Å². The van der Waals surface area contributed by atoms with Crippen LogP contribution in [0.25, 0.3) is 0 Å². The number of rotatable bonds is 5. The molecule has 0 bridgehead atoms. The number of carbonyl (C=O) groups excluding carboxylic acids is 1. The Labute approximate surface area is 146 Å². The first-order valence-corrected chi connectivity index (χ1v) is 7.38. The van der Waals surface area contributed by atoms with E-state index in [2.05, 4.69) is 5.32 Å². The van der Waals surface area contributed by atoms with Crippen molar-refractivity contribution in [2.24, 2.45) is 0 Å². The number of aromatic carboxylic acids is 2. The molecule has 0 saturated carbocycles. The lowest BCUT2D eigenvalue weighted by Crippen LogP contribution is -2.25. The summed E-state index contributed by atoms with van der Waals surface area (Å²) in [6.07, 6.45) is 0. The predicted octanol–water partition coefficient (Wildman–Crippen LogP) is 3.32. The molecule has 0 spiro atoms. The van der Waals surface area contributed by atoms with Crippen molar-refractivity contribution >= 4 is 41.0 Å². The van der Waals surface area contributed by atoms with Crippen molar-refractivity contribution in [2.45, 2.75) is 6.54 Å². The molecular weight excluding hydrogens is 357 g/mol. The largest absolute Gasteiger partial charge is 0.478 e. The van der Waals surface area contributed by atoms with Gasteiger partial charge in [-0.15, -0.1) is 0 Å². The lowest BCUT2D eigenvalue weighted by atomic mass is 10.1. The fourth-order valence-electron chi connectivity index (χ4n) is 1.99. The molecule has 0 aliphatic heterocycles. The quantitative estimate of drug-likeness (QED) is 0.751. The van der Waals surface area contributed by atoms with Crippen molar-refractivity contribution < 1.29 is 24.6 Å². The highest BCUT2D eigenvalue weighted by Gasteiger charge is 2.17. The van der Waals surface area contributed by atoms with Crippen LogP contribution in [-0.4, -0.2) is 28.1 Å². The van der Waals surface area contributed by atoms with Gasteiger partial charge in [-0.05, 0) is 35.9 Å². The Balaban J connectivity index is 2.18. The van der Waals surface area contributed by atoms with E-state index in [0.717, 1.165) is 0 Å². The molecule has 0 radical (unpaired) electrons. The number of carbonyl (C=O) groups is 3. The summed E-state index contributed by atoms with van der Waals surface area (Å²) < 4.78 is 0. The number of benzene rings is 2. The second-order valence-electron chi connectivity index (χ2n) is 4.79. The molecule has 2 aromatic rings. The number of amides is 1. The summed E-state index contributed by atoms with van der Waals surface area (Å²) in [5.74, 6) is -2.99. The van der Waals surface area contributed by atoms with Crippen LogP contribution in [0.1, 0.15) is 36.6 Å². The lowest BCUT2D eigenvalue weighted by molar-refractivity contribution is 0.0684. The average molecular weight is 368 g/mol. The molecule has 0 aliphatic rings. The molecule has 6 nitrogen and oxygen atoms in total. The molecule has 0 fully saturated rings. The molecule has 24 heavy (non-hydrogen) atoms. The van der Waals surface area contributed by atoms with Crippen molar-refractivity contribution in [1.29, 1.82) is 0 Å². The Morgan fingerprint density at radius 2 is 1.62 bits per heavy atom. The van der Waals surface area contributed by atoms with Crippen LogP contribution < -0.4 is 5.32 Å². The highest BCUT2D eigenvalue weighted by Crippen LogP contribution is 2.19. The number of hydrogen-bond acceptors (Lipinski definition) is 3. The Morgan fingerprint density at radius 1 is 0.917 bits per heavy atom. The molecule has 0 unspecified atom stereocenters. The minimum absolute atomic E-state index is 0.00311. The summed E-state index contributed by atoms with van der Waals surface area (Å²) in [6.45, 7) is 0.00311. The van der Waals surface area contributed by atoms with Gasteiger partial charge in [-0.2, -0.15) is 0 Å². The summed E-state index contributed by atoms with van der Waals surface area (Å²) in [7, 11) is 0. The summed E-state index contributed by atoms with van der Waals surface area (Å²) in [6, 6.07) is 7.99. The van der Waals surface area contributed by atoms with Crippen LogP contribution >= 0.6 is 23.2 Å². The standard InChI is InChI=1S/C16H11Cl2NO5/c17-10-3-4-11(16(23)24)12(6-10)14(20)19-7-9-2-1-8(15(21)22)5-13(9)18/h1-6H,7H2,(H,19,20)(H,21,22)(H,23,24). The number of carboxylic acid groups (broad SMARTS) is 2. The molecule has 8 heteroatoms. The minimum Gasteiger partial charge on any atom is -0.478 e. The highest BCUT2D eigenvalue weighted by molar-refractivity contribution is 6.32. The zero-order valence-corrected chi connectivity index (χ0v) is 13.6. The minimum atomic E-state index is -1.25. The van der Waals surface area contributed by atoms with Crippen molar-refractivity contribution in [1.82, 2.24) is 5.32 Å². The van der Waals surface area contributed by atoms with Gasteiger partial charge in [0, 0.05) is 16.6 Å². The van der Waals surface area contributed by atoms with Crippen molar-refractivity contribution in [3.63, 3.8) is 0 Å². The van der Waals surface area contributed by atoms with E-state index >= 15 is 0 Å². The molecule has 0 aliphatic carbocycles. The fourth-order valence-corrected chi connectivity index (χ4v) is 2.40. The van der Waals surface area contributed by atoms with E-state index in [1.54, 1.807) is 0 Å². The molecule has 0 atom stereocenters. The van der Waals surface area contributed by atoms with Gasteiger partial charge in [-0.1, -0.05) is 29.3 Å². The van der Waals surface area contributed by atoms with Crippen LogP contribution in [-0.2, 0) is 6.54 Å². The second kappa shape index (κ2) is 7.33. The number of hydrogen-bond donors (Lipinski definition) is 3. The second-order valence-corrected chi connectivity index (χ2v) is 5.63. The first-order valence-electron chi connectivity index (χ1n) is 6.62. The van der Waals surface area contributed by atoms with E-state index in [-0.39, 0.29) is 33.3 Å². The van der Waals surface area contributed by atoms with Crippen LogP contribution in [0.3, 0.4) is 0 Å². The third-order valence-corrected chi connectivity index (χ3v) is 3.78. The SMILES string of the molecule is O=C(O)c1ccc(CNC(=O)c2cc(Cl)ccc2C(=O)O)c(Cl)c1. The Morgan fingerprint density at radius 3 is 2.21 bits per heavy atom. The lowest BCUT2D eigenvalue weighted by Gasteiger charge is -2.10. The summed E-state index contributed by atoms with van der Waals surface area (Å²) in [5.41, 5.74) is 0.268. The van der Waals surface area contributed by atoms with Gasteiger partial charge < -0.3 is 15.5 Å². The van der Waals surface area contributed by atoms with Gasteiger partial charge in [0.05, 0.1) is 16.7 Å². The smallest absolute Gasteiger partial charge is 0.336 e. The van der Waals surface area contributed by atoms with Crippen LogP contribution in [0.2, 0.25) is 10.0 Å². The Bertz CT molecular complexity index is 835. The van der Waals surface area contributed by atoms with Gasteiger partial charge in [0.2, 0.25) is 0 Å². The summed E-state index contributed by atoms with van der Waals surface area (Å²) in [4.78, 5) is 34.2. The van der Waals surface area contributed by atoms with E-state index in [1.165, 1.54) is 36.4 Å². The monoisotopic (exact) mass is 367 g/mol. The molecule has 1 amide bonds. The predicted molar refractivity (Wildman–Crippen MR) is 88.0 cm³/mol. The Kier molecular flexibility index (Phi) is 5.43. The van der Waals surface area contributed by atoms with E-state index in [9.17, 15) is 14.4 Å². The zero-order chi connectivity index (χ0) is 17.9. The molecule has 3 N–H and O–H groups in total. The van der Waals surface area contributed by atoms with Gasteiger partial charge in [-0.25, -0.2) is 9.59 Å². The summed E-state index contributed by atoms with van der Waals surface area (Å²) >= 11 is 11.8. The Hall–Kier alpha value is -2.57.